The van der Waals surface area contributed by atoms with Crippen molar-refractivity contribution in [3.8, 4) is 5.75 Å². The van der Waals surface area contributed by atoms with Crippen LogP contribution in [-0.4, -0.2) is 59.7 Å². The Bertz CT molecular complexity index is 1140. The van der Waals surface area contributed by atoms with Crippen molar-refractivity contribution in [2.45, 2.75) is 19.1 Å². The van der Waals surface area contributed by atoms with E-state index in [1.54, 1.807) is 23.4 Å². The SMILES string of the molecule is O=C1c2cc(NC3=CNNC=C3)c(F)cc2OCCN1CC(O)CN1CCc2ccccc2C1. The number of ether oxygens (including phenoxy) is 1. The zero-order chi connectivity index (χ0) is 23.5. The molecule has 0 fully saturated rings. The Kier molecular flexibility index (Phi) is 6.37. The van der Waals surface area contributed by atoms with Crippen LogP contribution in [0, 0.1) is 5.82 Å². The third-order valence-electron chi connectivity index (χ3n) is 6.25. The summed E-state index contributed by atoms with van der Waals surface area (Å²) < 4.78 is 20.3. The number of aliphatic hydroxyl groups is 1. The van der Waals surface area contributed by atoms with Crippen LogP contribution in [0.3, 0.4) is 0 Å². The third-order valence-corrected chi connectivity index (χ3v) is 6.25. The van der Waals surface area contributed by atoms with Crippen LogP contribution in [0.15, 0.2) is 60.6 Å². The number of allylic oxidation sites excluding steroid dienone is 1. The number of hydrazine groups is 1. The molecular weight excluding hydrogens is 437 g/mol. The van der Waals surface area contributed by atoms with Crippen molar-refractivity contribution in [1.29, 1.82) is 0 Å². The van der Waals surface area contributed by atoms with E-state index in [4.69, 9.17) is 4.74 Å². The zero-order valence-electron chi connectivity index (χ0n) is 18.8. The summed E-state index contributed by atoms with van der Waals surface area (Å²) in [6.45, 7) is 2.87. The number of fused-ring (bicyclic) bond motifs is 2. The predicted molar refractivity (Wildman–Crippen MR) is 126 cm³/mol. The lowest BCUT2D eigenvalue weighted by Crippen LogP contribution is -2.44. The molecule has 9 heteroatoms. The average molecular weight is 466 g/mol. The Balaban J connectivity index is 1.26. The molecule has 2 aromatic carbocycles. The van der Waals surface area contributed by atoms with Crippen molar-refractivity contribution < 1.29 is 19.0 Å². The molecule has 0 bridgehead atoms. The van der Waals surface area contributed by atoms with Crippen LogP contribution >= 0.6 is 0 Å². The van der Waals surface area contributed by atoms with Crippen molar-refractivity contribution in [3.63, 3.8) is 0 Å². The summed E-state index contributed by atoms with van der Waals surface area (Å²) in [4.78, 5) is 17.1. The van der Waals surface area contributed by atoms with Crippen molar-refractivity contribution in [3.05, 3.63) is 83.1 Å². The van der Waals surface area contributed by atoms with E-state index in [9.17, 15) is 14.3 Å². The van der Waals surface area contributed by atoms with Gasteiger partial charge in [0.25, 0.3) is 5.91 Å². The molecule has 1 unspecified atom stereocenters. The minimum absolute atomic E-state index is 0.171. The van der Waals surface area contributed by atoms with Crippen molar-refractivity contribution >= 4 is 11.6 Å². The summed E-state index contributed by atoms with van der Waals surface area (Å²) in [6, 6.07) is 11.1. The third kappa shape index (κ3) is 4.85. The number of rotatable bonds is 6. The normalized spacial score (nSPS) is 18.5. The van der Waals surface area contributed by atoms with Gasteiger partial charge in [0, 0.05) is 44.6 Å². The Hall–Kier alpha value is -3.56. The number of carbonyl (C=O) groups excluding carboxylic acids is 1. The Morgan fingerprint density at radius 2 is 2.00 bits per heavy atom. The predicted octanol–water partition coefficient (Wildman–Crippen LogP) is 1.95. The number of aliphatic hydroxyl groups excluding tert-OH is 1. The number of benzene rings is 2. The first-order valence-corrected chi connectivity index (χ1v) is 11.4. The number of nitrogens with zero attached hydrogens (tertiary/aromatic N) is 2. The number of nitrogens with one attached hydrogen (secondary N) is 3. The zero-order valence-corrected chi connectivity index (χ0v) is 18.8. The molecule has 8 nitrogen and oxygen atoms in total. The lowest BCUT2D eigenvalue weighted by atomic mass is 10.00. The molecule has 0 spiro atoms. The van der Waals surface area contributed by atoms with Crippen molar-refractivity contribution in [2.24, 2.45) is 0 Å². The van der Waals surface area contributed by atoms with Crippen LogP contribution in [-0.2, 0) is 13.0 Å². The first kappa shape index (κ1) is 22.2. The van der Waals surface area contributed by atoms with Crippen LogP contribution in [0.1, 0.15) is 21.5 Å². The summed E-state index contributed by atoms with van der Waals surface area (Å²) in [5.41, 5.74) is 9.31. The maximum Gasteiger partial charge on any atom is 0.257 e. The van der Waals surface area contributed by atoms with Gasteiger partial charge in [0.1, 0.15) is 18.2 Å². The molecule has 178 valence electrons. The molecule has 2 aromatic rings. The van der Waals surface area contributed by atoms with E-state index in [0.717, 1.165) is 19.5 Å². The number of halogens is 1. The quantitative estimate of drug-likeness (QED) is 0.519. The highest BCUT2D eigenvalue weighted by Crippen LogP contribution is 2.30. The van der Waals surface area contributed by atoms with Crippen molar-refractivity contribution in [2.75, 3.05) is 38.1 Å². The summed E-state index contributed by atoms with van der Waals surface area (Å²) in [7, 11) is 0. The number of amides is 1. The molecule has 3 aliphatic rings. The lowest BCUT2D eigenvalue weighted by molar-refractivity contribution is 0.0501. The van der Waals surface area contributed by atoms with Crippen LogP contribution in [0.4, 0.5) is 10.1 Å². The van der Waals surface area contributed by atoms with Crippen molar-refractivity contribution in [1.82, 2.24) is 20.7 Å². The second kappa shape index (κ2) is 9.74. The molecule has 0 saturated carbocycles. The minimum Gasteiger partial charge on any atom is -0.491 e. The molecule has 0 saturated heterocycles. The fourth-order valence-corrected chi connectivity index (χ4v) is 4.55. The maximum absolute atomic E-state index is 14.7. The summed E-state index contributed by atoms with van der Waals surface area (Å²) >= 11 is 0. The standard InChI is InChI=1S/C25H28FN5O3/c26-22-12-24-21(11-23(22)29-19-5-7-27-28-13-19)25(33)31(9-10-34-24)16-20(32)15-30-8-6-17-3-1-2-4-18(17)14-30/h1-5,7,11-13,20,27-29,32H,6,8-10,14-16H2. The van der Waals surface area contributed by atoms with Gasteiger partial charge in [-0.3, -0.25) is 9.69 Å². The summed E-state index contributed by atoms with van der Waals surface area (Å²) in [5.74, 6) is -0.588. The highest BCUT2D eigenvalue weighted by Gasteiger charge is 2.28. The van der Waals surface area contributed by atoms with E-state index in [-0.39, 0.29) is 36.1 Å². The monoisotopic (exact) mass is 465 g/mol. The molecular formula is C25H28FN5O3. The Labute approximate surface area is 197 Å². The van der Waals surface area contributed by atoms with Crippen LogP contribution in [0.5, 0.6) is 5.75 Å². The van der Waals surface area contributed by atoms with Gasteiger partial charge in [-0.1, -0.05) is 24.3 Å². The Morgan fingerprint density at radius 3 is 2.82 bits per heavy atom. The van der Waals surface area contributed by atoms with Gasteiger partial charge in [0.15, 0.2) is 0 Å². The highest BCUT2D eigenvalue weighted by molar-refractivity contribution is 5.98. The number of hydrogen-bond acceptors (Lipinski definition) is 7. The number of anilines is 1. The van der Waals surface area contributed by atoms with Gasteiger partial charge in [-0.25, -0.2) is 4.39 Å². The fourth-order valence-electron chi connectivity index (χ4n) is 4.55. The van der Waals surface area contributed by atoms with E-state index in [1.165, 1.54) is 23.3 Å². The first-order valence-electron chi connectivity index (χ1n) is 11.4. The molecule has 0 aromatic heterocycles. The molecule has 0 aliphatic carbocycles. The molecule has 3 heterocycles. The smallest absolute Gasteiger partial charge is 0.257 e. The van der Waals surface area contributed by atoms with E-state index in [2.05, 4.69) is 39.3 Å². The Morgan fingerprint density at radius 1 is 1.15 bits per heavy atom. The fraction of sp³-hybridized carbons (Fsp3) is 0.320. The summed E-state index contributed by atoms with van der Waals surface area (Å²) in [5, 5.41) is 13.8. The first-order chi connectivity index (χ1) is 16.6. The number of carbonyl (C=O) groups is 1. The van der Waals surface area contributed by atoms with Crippen LogP contribution in [0.2, 0.25) is 0 Å². The average Bonchev–Trinajstić information content (AvgIpc) is 2.98. The van der Waals surface area contributed by atoms with E-state index in [0.29, 0.717) is 18.8 Å². The van der Waals surface area contributed by atoms with Crippen LogP contribution in [0.25, 0.3) is 0 Å². The molecule has 4 N–H and O–H groups in total. The second-order valence-electron chi connectivity index (χ2n) is 8.68. The van der Waals surface area contributed by atoms with Gasteiger partial charge in [-0.15, -0.1) is 0 Å². The van der Waals surface area contributed by atoms with E-state index in [1.807, 2.05) is 6.07 Å². The molecule has 5 rings (SSSR count). The molecule has 0 radical (unpaired) electrons. The van der Waals surface area contributed by atoms with Gasteiger partial charge in [0.05, 0.1) is 29.6 Å². The number of β-amino-alcohol motifs (C(OH)–C–C–N with tert-alkyl or cyclic N) is 1. The minimum atomic E-state index is -0.704. The maximum atomic E-state index is 14.7. The lowest BCUT2D eigenvalue weighted by Gasteiger charge is -2.32. The van der Waals surface area contributed by atoms with E-state index >= 15 is 0 Å². The second-order valence-corrected chi connectivity index (χ2v) is 8.68. The number of hydrogen-bond donors (Lipinski definition) is 4. The van der Waals surface area contributed by atoms with Gasteiger partial charge in [0.2, 0.25) is 0 Å². The molecule has 1 amide bonds. The van der Waals surface area contributed by atoms with Crippen LogP contribution < -0.4 is 20.9 Å². The molecule has 3 aliphatic heterocycles. The van der Waals surface area contributed by atoms with Gasteiger partial charge < -0.3 is 30.9 Å². The molecule has 1 atom stereocenters. The van der Waals surface area contributed by atoms with Gasteiger partial charge >= 0.3 is 0 Å². The summed E-state index contributed by atoms with van der Waals surface area (Å²) in [6.07, 6.45) is 5.30. The van der Waals surface area contributed by atoms with Gasteiger partial charge in [-0.2, -0.15) is 0 Å². The highest BCUT2D eigenvalue weighted by atomic mass is 19.1. The largest absolute Gasteiger partial charge is 0.491 e. The van der Waals surface area contributed by atoms with Gasteiger partial charge in [-0.05, 0) is 29.7 Å². The topological polar surface area (TPSA) is 89.1 Å². The van der Waals surface area contributed by atoms with E-state index < -0.39 is 11.9 Å². The molecule has 34 heavy (non-hydrogen) atoms.